The molecule has 1 aromatic carbocycles. The number of fused-ring (bicyclic) bond motifs is 1. The van der Waals surface area contributed by atoms with Crippen molar-refractivity contribution in [3.8, 4) is 0 Å². The van der Waals surface area contributed by atoms with Gasteiger partial charge >= 0.3 is 0 Å². The molecule has 2 saturated heterocycles. The summed E-state index contributed by atoms with van der Waals surface area (Å²) >= 11 is 0. The van der Waals surface area contributed by atoms with E-state index in [1.165, 1.54) is 0 Å². The predicted molar refractivity (Wildman–Crippen MR) is 62.9 cm³/mol. The summed E-state index contributed by atoms with van der Waals surface area (Å²) in [6, 6.07) is 9.31. The molecule has 0 aromatic heterocycles. The normalized spacial score (nSPS) is 42.7. The quantitative estimate of drug-likeness (QED) is 0.639. The van der Waals surface area contributed by atoms with Crippen LogP contribution in [0, 0.1) is 0 Å². The fraction of sp³-hybridized carbons (Fsp3) is 0.538. The fourth-order valence-electron chi connectivity index (χ4n) is 2.37. The first kappa shape index (κ1) is 13.0. The minimum Gasteiger partial charge on any atom is -0.387 e. The van der Waals surface area contributed by atoms with Crippen molar-refractivity contribution in [2.75, 3.05) is 6.61 Å². The Bertz CT molecular complexity index is 422. The third kappa shape index (κ3) is 2.38. The molecule has 104 valence electrons. The molecule has 19 heavy (non-hydrogen) atoms. The van der Waals surface area contributed by atoms with Gasteiger partial charge in [0.2, 0.25) is 0 Å². The standard InChI is InChI=1S/C13H16O6/c14-9-10(15)12(16)18-8-6-17-13(19-11(8)9)7-4-2-1-3-5-7/h1-5,8-16H,6H2/t8-,9-,10-,11-,12?,13?/m0/s1. The average molecular weight is 268 g/mol. The van der Waals surface area contributed by atoms with Crippen molar-refractivity contribution in [1.29, 1.82) is 0 Å². The van der Waals surface area contributed by atoms with Gasteiger partial charge < -0.3 is 29.5 Å². The van der Waals surface area contributed by atoms with E-state index in [4.69, 9.17) is 14.2 Å². The number of benzene rings is 1. The number of rotatable bonds is 1. The van der Waals surface area contributed by atoms with Crippen molar-refractivity contribution in [3.63, 3.8) is 0 Å². The summed E-state index contributed by atoms with van der Waals surface area (Å²) in [5, 5.41) is 29.0. The first-order chi connectivity index (χ1) is 9.16. The summed E-state index contributed by atoms with van der Waals surface area (Å²) < 4.78 is 16.3. The van der Waals surface area contributed by atoms with Gasteiger partial charge in [0.15, 0.2) is 12.6 Å². The number of aliphatic hydroxyl groups is 3. The summed E-state index contributed by atoms with van der Waals surface area (Å²) in [5.41, 5.74) is 0.828. The highest BCUT2D eigenvalue weighted by molar-refractivity contribution is 5.16. The lowest BCUT2D eigenvalue weighted by Gasteiger charge is -2.45. The molecule has 0 bridgehead atoms. The van der Waals surface area contributed by atoms with E-state index >= 15 is 0 Å². The van der Waals surface area contributed by atoms with Gasteiger partial charge in [-0.15, -0.1) is 0 Å². The molecule has 1 aromatic rings. The predicted octanol–water partition coefficient (Wildman–Crippen LogP) is -0.460. The van der Waals surface area contributed by atoms with Crippen molar-refractivity contribution in [3.05, 3.63) is 35.9 Å². The van der Waals surface area contributed by atoms with Crippen LogP contribution in [0.3, 0.4) is 0 Å². The zero-order valence-electron chi connectivity index (χ0n) is 10.1. The van der Waals surface area contributed by atoms with Crippen LogP contribution < -0.4 is 0 Å². The topological polar surface area (TPSA) is 88.4 Å². The van der Waals surface area contributed by atoms with Crippen LogP contribution >= 0.6 is 0 Å². The van der Waals surface area contributed by atoms with E-state index in [1.54, 1.807) is 0 Å². The molecule has 2 heterocycles. The van der Waals surface area contributed by atoms with Crippen molar-refractivity contribution in [2.45, 2.75) is 37.0 Å². The fourth-order valence-corrected chi connectivity index (χ4v) is 2.37. The Labute approximate surface area is 110 Å². The van der Waals surface area contributed by atoms with Gasteiger partial charge in [-0.05, 0) is 0 Å². The first-order valence-corrected chi connectivity index (χ1v) is 6.18. The summed E-state index contributed by atoms with van der Waals surface area (Å²) in [7, 11) is 0. The van der Waals surface area contributed by atoms with Gasteiger partial charge in [0, 0.05) is 5.56 Å². The van der Waals surface area contributed by atoms with Crippen LogP contribution in [0.5, 0.6) is 0 Å². The maximum atomic E-state index is 9.94. The molecule has 3 N–H and O–H groups in total. The summed E-state index contributed by atoms with van der Waals surface area (Å²) in [6.45, 7) is 0.186. The molecule has 6 atom stereocenters. The monoisotopic (exact) mass is 268 g/mol. The van der Waals surface area contributed by atoms with Crippen LogP contribution in [0.1, 0.15) is 11.9 Å². The van der Waals surface area contributed by atoms with Gasteiger partial charge in [-0.1, -0.05) is 30.3 Å². The smallest absolute Gasteiger partial charge is 0.184 e. The molecule has 6 heteroatoms. The van der Waals surface area contributed by atoms with Crippen LogP contribution in [-0.4, -0.2) is 52.6 Å². The Balaban J connectivity index is 1.75. The maximum Gasteiger partial charge on any atom is 0.184 e. The van der Waals surface area contributed by atoms with Crippen LogP contribution in [0.2, 0.25) is 0 Å². The summed E-state index contributed by atoms with van der Waals surface area (Å²) in [6.07, 6.45) is -5.93. The zero-order chi connectivity index (χ0) is 13.4. The van der Waals surface area contributed by atoms with Gasteiger partial charge in [-0.3, -0.25) is 0 Å². The largest absolute Gasteiger partial charge is 0.387 e. The SMILES string of the molecule is OC1O[C@H]2COC(c3ccccc3)O[C@@H]2[C@@H](O)[C@@H]1O. The molecular formula is C13H16O6. The highest BCUT2D eigenvalue weighted by Crippen LogP contribution is 2.33. The summed E-state index contributed by atoms with van der Waals surface area (Å²) in [5.74, 6) is 0. The molecule has 0 saturated carbocycles. The first-order valence-electron chi connectivity index (χ1n) is 6.18. The molecule has 0 amide bonds. The molecule has 0 radical (unpaired) electrons. The Morgan fingerprint density at radius 2 is 1.68 bits per heavy atom. The average Bonchev–Trinajstić information content (AvgIpc) is 2.46. The molecule has 3 rings (SSSR count). The van der Waals surface area contributed by atoms with E-state index in [1.807, 2.05) is 30.3 Å². The minimum absolute atomic E-state index is 0.186. The molecular weight excluding hydrogens is 252 g/mol. The highest BCUT2D eigenvalue weighted by atomic mass is 16.7. The molecule has 2 aliphatic heterocycles. The van der Waals surface area contributed by atoms with Gasteiger partial charge in [0.05, 0.1) is 6.61 Å². The number of hydrogen-bond donors (Lipinski definition) is 3. The van der Waals surface area contributed by atoms with Gasteiger partial charge in [-0.2, -0.15) is 0 Å². The number of aliphatic hydroxyl groups excluding tert-OH is 3. The molecule has 0 spiro atoms. The second kappa shape index (κ2) is 5.16. The van der Waals surface area contributed by atoms with E-state index in [0.717, 1.165) is 5.56 Å². The van der Waals surface area contributed by atoms with Crippen LogP contribution in [0.4, 0.5) is 0 Å². The lowest BCUT2D eigenvalue weighted by molar-refractivity contribution is -0.354. The Kier molecular flexibility index (Phi) is 3.53. The summed E-state index contributed by atoms with van der Waals surface area (Å²) in [4.78, 5) is 0. The third-order valence-electron chi connectivity index (χ3n) is 3.42. The van der Waals surface area contributed by atoms with E-state index in [-0.39, 0.29) is 6.61 Å². The third-order valence-corrected chi connectivity index (χ3v) is 3.42. The van der Waals surface area contributed by atoms with Gasteiger partial charge in [0.25, 0.3) is 0 Å². The van der Waals surface area contributed by atoms with E-state index < -0.39 is 37.0 Å². The number of ether oxygens (including phenoxy) is 3. The van der Waals surface area contributed by atoms with Crippen molar-refractivity contribution in [2.24, 2.45) is 0 Å². The van der Waals surface area contributed by atoms with E-state index in [9.17, 15) is 15.3 Å². The second-order valence-electron chi connectivity index (χ2n) is 4.72. The van der Waals surface area contributed by atoms with Crippen molar-refractivity contribution in [1.82, 2.24) is 0 Å². The molecule has 0 aliphatic carbocycles. The minimum atomic E-state index is -1.42. The van der Waals surface area contributed by atoms with Crippen LogP contribution in [0.15, 0.2) is 30.3 Å². The lowest BCUT2D eigenvalue weighted by Crippen LogP contribution is -2.61. The highest BCUT2D eigenvalue weighted by Gasteiger charge is 2.48. The Morgan fingerprint density at radius 1 is 0.947 bits per heavy atom. The van der Waals surface area contributed by atoms with E-state index in [0.29, 0.717) is 0 Å². The Morgan fingerprint density at radius 3 is 2.42 bits per heavy atom. The van der Waals surface area contributed by atoms with Crippen molar-refractivity contribution < 1.29 is 29.5 Å². The van der Waals surface area contributed by atoms with Gasteiger partial charge in [-0.25, -0.2) is 0 Å². The second-order valence-corrected chi connectivity index (χ2v) is 4.72. The molecule has 2 aliphatic rings. The van der Waals surface area contributed by atoms with E-state index in [2.05, 4.69) is 0 Å². The molecule has 6 nitrogen and oxygen atoms in total. The molecule has 2 fully saturated rings. The number of hydrogen-bond acceptors (Lipinski definition) is 6. The maximum absolute atomic E-state index is 9.94. The Hall–Kier alpha value is -1.02. The lowest BCUT2D eigenvalue weighted by atomic mass is 9.98. The van der Waals surface area contributed by atoms with Crippen LogP contribution in [-0.2, 0) is 14.2 Å². The molecule has 2 unspecified atom stereocenters. The van der Waals surface area contributed by atoms with Crippen LogP contribution in [0.25, 0.3) is 0 Å². The van der Waals surface area contributed by atoms with Crippen molar-refractivity contribution >= 4 is 0 Å². The van der Waals surface area contributed by atoms with Gasteiger partial charge in [0.1, 0.15) is 24.4 Å². The zero-order valence-corrected chi connectivity index (χ0v) is 10.1.